The lowest BCUT2D eigenvalue weighted by Crippen LogP contribution is -2.43. The van der Waals surface area contributed by atoms with Crippen LogP contribution in [-0.2, 0) is 14.4 Å². The van der Waals surface area contributed by atoms with Gasteiger partial charge in [-0.3, -0.25) is 14.4 Å². The first-order chi connectivity index (χ1) is 7.29. The molecule has 6 heteroatoms. The molecule has 0 fully saturated rings. The van der Waals surface area contributed by atoms with Gasteiger partial charge in [-0.2, -0.15) is 0 Å². The van der Waals surface area contributed by atoms with Gasteiger partial charge in [0.15, 0.2) is 0 Å². The highest BCUT2D eigenvalue weighted by Gasteiger charge is 2.25. The monoisotopic (exact) mass is 230 g/mol. The van der Waals surface area contributed by atoms with E-state index in [1.807, 2.05) is 6.92 Å². The Balaban J connectivity index is 3.93. The van der Waals surface area contributed by atoms with Gasteiger partial charge in [-0.15, -0.1) is 0 Å². The predicted octanol–water partition coefficient (Wildman–Crippen LogP) is -0.260. The molecule has 0 heterocycles. The van der Waals surface area contributed by atoms with Crippen LogP contribution in [0.4, 0.5) is 0 Å². The van der Waals surface area contributed by atoms with Gasteiger partial charge >= 0.3 is 5.97 Å². The minimum Gasteiger partial charge on any atom is -0.480 e. The Morgan fingerprint density at radius 2 is 1.69 bits per heavy atom. The van der Waals surface area contributed by atoms with Crippen LogP contribution in [0.5, 0.6) is 0 Å². The van der Waals surface area contributed by atoms with E-state index in [1.54, 1.807) is 13.8 Å². The number of carbonyl (C=O) groups is 3. The third-order valence-corrected chi connectivity index (χ3v) is 2.34. The van der Waals surface area contributed by atoms with Crippen molar-refractivity contribution in [1.82, 2.24) is 10.6 Å². The number of hydrogen-bond acceptors (Lipinski definition) is 3. The molecule has 0 saturated carbocycles. The highest BCUT2D eigenvalue weighted by Crippen LogP contribution is 2.18. The first-order valence-electron chi connectivity index (χ1n) is 5.06. The summed E-state index contributed by atoms with van der Waals surface area (Å²) < 4.78 is 0. The van der Waals surface area contributed by atoms with Crippen molar-refractivity contribution in [2.75, 3.05) is 13.1 Å². The average Bonchev–Trinajstić information content (AvgIpc) is 2.22. The number of carbonyl (C=O) groups excluding carboxylic acids is 2. The van der Waals surface area contributed by atoms with Gasteiger partial charge in [0.1, 0.15) is 6.54 Å². The summed E-state index contributed by atoms with van der Waals surface area (Å²) in [6.45, 7) is 4.79. The first-order valence-corrected chi connectivity index (χ1v) is 5.06. The summed E-state index contributed by atoms with van der Waals surface area (Å²) in [5.74, 6) is -1.85. The Hall–Kier alpha value is -1.59. The quantitative estimate of drug-likeness (QED) is 0.585. The van der Waals surface area contributed by atoms with E-state index in [4.69, 9.17) is 5.11 Å². The number of carboxylic acid groups (broad SMARTS) is 1. The Bertz CT molecular complexity index is 287. The van der Waals surface area contributed by atoms with Crippen molar-refractivity contribution in [2.45, 2.75) is 27.2 Å². The Kier molecular flexibility index (Phi) is 5.49. The highest BCUT2D eigenvalue weighted by atomic mass is 16.4. The van der Waals surface area contributed by atoms with Crippen molar-refractivity contribution >= 4 is 17.8 Å². The Morgan fingerprint density at radius 1 is 1.12 bits per heavy atom. The van der Waals surface area contributed by atoms with Crippen molar-refractivity contribution in [3.8, 4) is 0 Å². The second-order valence-electron chi connectivity index (χ2n) is 4.09. The van der Waals surface area contributed by atoms with Crippen LogP contribution in [0.15, 0.2) is 0 Å². The van der Waals surface area contributed by atoms with Crippen LogP contribution in [0.25, 0.3) is 0 Å². The van der Waals surface area contributed by atoms with E-state index in [1.165, 1.54) is 0 Å². The molecule has 3 N–H and O–H groups in total. The fourth-order valence-electron chi connectivity index (χ4n) is 0.797. The molecule has 0 rings (SSSR count). The maximum Gasteiger partial charge on any atom is 0.322 e. The van der Waals surface area contributed by atoms with Crippen molar-refractivity contribution in [1.29, 1.82) is 0 Å². The fraction of sp³-hybridized carbons (Fsp3) is 0.700. The van der Waals surface area contributed by atoms with Crippen LogP contribution in [0.3, 0.4) is 0 Å². The molecule has 0 spiro atoms. The fourth-order valence-corrected chi connectivity index (χ4v) is 0.797. The zero-order chi connectivity index (χ0) is 12.8. The lowest BCUT2D eigenvalue weighted by molar-refractivity contribution is -0.138. The van der Waals surface area contributed by atoms with Crippen LogP contribution in [0.1, 0.15) is 27.2 Å². The van der Waals surface area contributed by atoms with Gasteiger partial charge in [0, 0.05) is 5.41 Å². The summed E-state index contributed by atoms with van der Waals surface area (Å²) >= 11 is 0. The summed E-state index contributed by atoms with van der Waals surface area (Å²) in [4.78, 5) is 32.8. The first kappa shape index (κ1) is 14.4. The summed E-state index contributed by atoms with van der Waals surface area (Å²) in [7, 11) is 0. The molecule has 0 saturated heterocycles. The van der Waals surface area contributed by atoms with Gasteiger partial charge in [-0.05, 0) is 6.42 Å². The van der Waals surface area contributed by atoms with E-state index >= 15 is 0 Å². The van der Waals surface area contributed by atoms with Crippen LogP contribution in [-0.4, -0.2) is 36.0 Å². The number of hydrogen-bond donors (Lipinski definition) is 3. The molecule has 0 aliphatic carbocycles. The number of amides is 2. The maximum absolute atomic E-state index is 11.5. The van der Waals surface area contributed by atoms with Gasteiger partial charge in [-0.1, -0.05) is 20.8 Å². The molecule has 92 valence electrons. The van der Waals surface area contributed by atoms with Crippen LogP contribution >= 0.6 is 0 Å². The van der Waals surface area contributed by atoms with Gasteiger partial charge in [0.25, 0.3) is 0 Å². The SMILES string of the molecule is CCC(C)(C)C(=O)NCC(=O)NCC(=O)O. The van der Waals surface area contributed by atoms with E-state index in [9.17, 15) is 14.4 Å². The molecule has 0 aliphatic rings. The highest BCUT2D eigenvalue weighted by molar-refractivity contribution is 5.88. The topological polar surface area (TPSA) is 95.5 Å². The molecule has 16 heavy (non-hydrogen) atoms. The smallest absolute Gasteiger partial charge is 0.322 e. The lowest BCUT2D eigenvalue weighted by Gasteiger charge is -2.21. The second-order valence-corrected chi connectivity index (χ2v) is 4.09. The van der Waals surface area contributed by atoms with Crippen molar-refractivity contribution in [3.05, 3.63) is 0 Å². The molecule has 0 bridgehead atoms. The third kappa shape index (κ3) is 5.33. The van der Waals surface area contributed by atoms with Crippen LogP contribution in [0, 0.1) is 5.41 Å². The number of nitrogens with one attached hydrogen (secondary N) is 2. The molecular formula is C10H18N2O4. The molecule has 0 radical (unpaired) electrons. The van der Waals surface area contributed by atoms with Gasteiger partial charge in [-0.25, -0.2) is 0 Å². The molecule has 0 unspecified atom stereocenters. The number of aliphatic carboxylic acids is 1. The summed E-state index contributed by atoms with van der Waals surface area (Å²) in [5.41, 5.74) is -0.521. The van der Waals surface area contributed by atoms with E-state index in [0.717, 1.165) is 0 Å². The molecule has 0 aromatic carbocycles. The second kappa shape index (κ2) is 6.09. The third-order valence-electron chi connectivity index (χ3n) is 2.34. The van der Waals surface area contributed by atoms with Gasteiger partial charge < -0.3 is 15.7 Å². The molecule has 0 aromatic rings. The van der Waals surface area contributed by atoms with Crippen molar-refractivity contribution in [3.63, 3.8) is 0 Å². The minimum atomic E-state index is -1.12. The largest absolute Gasteiger partial charge is 0.480 e. The summed E-state index contributed by atoms with van der Waals surface area (Å²) in [5, 5.41) is 12.9. The predicted molar refractivity (Wildman–Crippen MR) is 57.7 cm³/mol. The normalized spacial score (nSPS) is 10.7. The van der Waals surface area contributed by atoms with E-state index in [0.29, 0.717) is 6.42 Å². The van der Waals surface area contributed by atoms with Crippen LogP contribution in [0.2, 0.25) is 0 Å². The zero-order valence-corrected chi connectivity index (χ0v) is 9.79. The van der Waals surface area contributed by atoms with Crippen molar-refractivity contribution in [2.24, 2.45) is 5.41 Å². The van der Waals surface area contributed by atoms with E-state index in [-0.39, 0.29) is 12.5 Å². The zero-order valence-electron chi connectivity index (χ0n) is 9.79. The van der Waals surface area contributed by atoms with Crippen LogP contribution < -0.4 is 10.6 Å². The molecular weight excluding hydrogens is 212 g/mol. The lowest BCUT2D eigenvalue weighted by atomic mass is 9.89. The Morgan fingerprint density at radius 3 is 2.12 bits per heavy atom. The maximum atomic E-state index is 11.5. The van der Waals surface area contributed by atoms with E-state index < -0.39 is 23.8 Å². The molecule has 6 nitrogen and oxygen atoms in total. The Labute approximate surface area is 94.4 Å². The number of carboxylic acids is 1. The molecule has 0 atom stereocenters. The minimum absolute atomic E-state index is 0.199. The molecule has 2 amide bonds. The van der Waals surface area contributed by atoms with Crippen molar-refractivity contribution < 1.29 is 19.5 Å². The van der Waals surface area contributed by atoms with Gasteiger partial charge in [0.05, 0.1) is 6.54 Å². The number of rotatable bonds is 6. The molecule has 0 aliphatic heterocycles. The van der Waals surface area contributed by atoms with Gasteiger partial charge in [0.2, 0.25) is 11.8 Å². The summed E-state index contributed by atoms with van der Waals surface area (Å²) in [6, 6.07) is 0. The standard InChI is InChI=1S/C10H18N2O4/c1-4-10(2,3)9(16)12-5-7(13)11-6-8(14)15/h4-6H2,1-3H3,(H,11,13)(H,12,16)(H,14,15). The molecule has 0 aromatic heterocycles. The average molecular weight is 230 g/mol. The van der Waals surface area contributed by atoms with E-state index in [2.05, 4.69) is 10.6 Å². The summed E-state index contributed by atoms with van der Waals surface area (Å²) in [6.07, 6.45) is 0.662.